The Morgan fingerprint density at radius 1 is 1.11 bits per heavy atom. The number of carbonyl (C=O) groups is 2. The van der Waals surface area contributed by atoms with E-state index < -0.39 is 5.97 Å². The maximum absolute atomic E-state index is 12.4. The van der Waals surface area contributed by atoms with E-state index in [-0.39, 0.29) is 24.3 Å². The van der Waals surface area contributed by atoms with Gasteiger partial charge >= 0.3 is 5.97 Å². The molecule has 0 spiro atoms. The molecule has 1 aromatic heterocycles. The average molecular weight is 500 g/mol. The third-order valence-corrected chi connectivity index (χ3v) is 7.57. The Balaban J connectivity index is 1.65. The minimum absolute atomic E-state index is 0.0708. The van der Waals surface area contributed by atoms with Gasteiger partial charge in [0.2, 0.25) is 10.1 Å². The molecule has 4 rings (SSSR count). The van der Waals surface area contributed by atoms with Crippen molar-refractivity contribution in [1.82, 2.24) is 15.5 Å². The van der Waals surface area contributed by atoms with E-state index in [9.17, 15) is 14.7 Å². The van der Waals surface area contributed by atoms with Crippen molar-refractivity contribution in [3.05, 3.63) is 28.8 Å². The molecule has 2 aromatic rings. The molecule has 0 bridgehead atoms. The third kappa shape index (κ3) is 6.93. The third-order valence-electron chi connectivity index (χ3n) is 6.73. The van der Waals surface area contributed by atoms with Gasteiger partial charge in [-0.05, 0) is 55.2 Å². The summed E-state index contributed by atoms with van der Waals surface area (Å²) < 4.78 is 0. The number of carboxylic acids is 1. The molecule has 2 aliphatic rings. The van der Waals surface area contributed by atoms with Gasteiger partial charge in [0.25, 0.3) is 5.91 Å². The van der Waals surface area contributed by atoms with E-state index >= 15 is 0 Å². The molecule has 35 heavy (non-hydrogen) atoms. The second kappa shape index (κ2) is 11.4. The molecule has 1 atom stereocenters. The van der Waals surface area contributed by atoms with Crippen molar-refractivity contribution in [2.24, 2.45) is 5.92 Å². The van der Waals surface area contributed by atoms with Crippen LogP contribution in [0.3, 0.4) is 0 Å². The van der Waals surface area contributed by atoms with Crippen LogP contribution in [0.1, 0.15) is 93.4 Å². The van der Waals surface area contributed by atoms with E-state index in [0.717, 1.165) is 36.3 Å². The smallest absolute Gasteiger partial charge is 0.303 e. The van der Waals surface area contributed by atoms with Crippen LogP contribution < -0.4 is 15.5 Å². The molecule has 2 aliphatic carbocycles. The molecule has 0 radical (unpaired) electrons. The standard InChI is InChI=1S/C26H37N5O3S/c1-16(2)15-31(20-7-5-4-6-8-20)22-12-9-18(17(3)13-23(32)33)14-21(22)28-26-30-29-25(35-26)24(34)27-19-10-11-19/h9,12,14,16-17,19-20H,4-8,10-11,13,15H2,1-3H3,(H,27,34)(H,28,30)(H,32,33). The van der Waals surface area contributed by atoms with Gasteiger partial charge < -0.3 is 20.6 Å². The van der Waals surface area contributed by atoms with Gasteiger partial charge in [-0.25, -0.2) is 0 Å². The molecule has 190 valence electrons. The lowest BCUT2D eigenvalue weighted by Crippen LogP contribution is -2.39. The van der Waals surface area contributed by atoms with Crippen molar-refractivity contribution >= 4 is 39.7 Å². The lowest BCUT2D eigenvalue weighted by molar-refractivity contribution is -0.137. The number of nitrogens with zero attached hydrogens (tertiary/aromatic N) is 3. The number of carbonyl (C=O) groups excluding carboxylic acids is 1. The Kier molecular flexibility index (Phi) is 8.26. The number of amides is 1. The second-order valence-corrected chi connectivity index (χ2v) is 11.4. The topological polar surface area (TPSA) is 107 Å². The number of aromatic nitrogens is 2. The van der Waals surface area contributed by atoms with Gasteiger partial charge in [-0.2, -0.15) is 0 Å². The van der Waals surface area contributed by atoms with Crippen molar-refractivity contribution in [3.8, 4) is 0 Å². The number of hydrogen-bond donors (Lipinski definition) is 3. The molecule has 1 heterocycles. The molecule has 3 N–H and O–H groups in total. The van der Waals surface area contributed by atoms with Crippen LogP contribution >= 0.6 is 11.3 Å². The summed E-state index contributed by atoms with van der Waals surface area (Å²) in [6.07, 6.45) is 8.24. The van der Waals surface area contributed by atoms with E-state index in [1.165, 1.54) is 43.4 Å². The summed E-state index contributed by atoms with van der Waals surface area (Å²) in [6, 6.07) is 6.96. The fraction of sp³-hybridized carbons (Fsp3) is 0.615. The molecule has 8 nitrogen and oxygen atoms in total. The Hall–Kier alpha value is -2.68. The maximum atomic E-state index is 12.4. The fourth-order valence-corrected chi connectivity index (χ4v) is 5.44. The van der Waals surface area contributed by atoms with E-state index in [0.29, 0.717) is 22.1 Å². The lowest BCUT2D eigenvalue weighted by atomic mass is 9.92. The quantitative estimate of drug-likeness (QED) is 0.372. The van der Waals surface area contributed by atoms with Crippen molar-refractivity contribution < 1.29 is 14.7 Å². The first kappa shape index (κ1) is 25.4. The summed E-state index contributed by atoms with van der Waals surface area (Å²) in [4.78, 5) is 26.3. The van der Waals surface area contributed by atoms with Gasteiger partial charge in [-0.15, -0.1) is 10.2 Å². The predicted molar refractivity (Wildman–Crippen MR) is 140 cm³/mol. The molecule has 2 saturated carbocycles. The van der Waals surface area contributed by atoms with E-state index in [2.05, 4.69) is 51.7 Å². The Morgan fingerprint density at radius 3 is 2.51 bits per heavy atom. The maximum Gasteiger partial charge on any atom is 0.303 e. The first-order valence-electron chi connectivity index (χ1n) is 12.8. The highest BCUT2D eigenvalue weighted by molar-refractivity contribution is 7.17. The van der Waals surface area contributed by atoms with Crippen LogP contribution in [-0.4, -0.2) is 45.8 Å². The van der Waals surface area contributed by atoms with Crippen molar-refractivity contribution in [2.45, 2.75) is 90.1 Å². The molecular weight excluding hydrogens is 462 g/mol. The first-order chi connectivity index (χ1) is 16.8. The molecule has 2 fully saturated rings. The number of rotatable bonds is 11. The minimum Gasteiger partial charge on any atom is -0.481 e. The number of benzene rings is 1. The molecule has 1 unspecified atom stereocenters. The average Bonchev–Trinajstić information content (AvgIpc) is 3.51. The van der Waals surface area contributed by atoms with Gasteiger partial charge in [0.05, 0.1) is 17.8 Å². The summed E-state index contributed by atoms with van der Waals surface area (Å²) in [6.45, 7) is 7.35. The second-order valence-electron chi connectivity index (χ2n) is 10.4. The molecule has 9 heteroatoms. The number of aliphatic carboxylic acids is 1. The van der Waals surface area contributed by atoms with Crippen LogP contribution in [0.4, 0.5) is 16.5 Å². The number of anilines is 3. The fourth-order valence-electron chi connectivity index (χ4n) is 4.78. The van der Waals surface area contributed by atoms with Crippen LogP contribution in [0.15, 0.2) is 18.2 Å². The monoisotopic (exact) mass is 499 g/mol. The van der Waals surface area contributed by atoms with Gasteiger partial charge in [-0.3, -0.25) is 9.59 Å². The molecule has 1 amide bonds. The molecule has 0 aliphatic heterocycles. The predicted octanol–water partition coefficient (Wildman–Crippen LogP) is 5.55. The highest BCUT2D eigenvalue weighted by atomic mass is 32.1. The van der Waals surface area contributed by atoms with Crippen LogP contribution in [0, 0.1) is 5.92 Å². The highest BCUT2D eigenvalue weighted by Crippen LogP contribution is 2.37. The first-order valence-corrected chi connectivity index (χ1v) is 13.7. The number of nitrogens with one attached hydrogen (secondary N) is 2. The number of hydrogen-bond acceptors (Lipinski definition) is 7. The van der Waals surface area contributed by atoms with E-state index in [1.807, 2.05) is 13.0 Å². The van der Waals surface area contributed by atoms with Crippen LogP contribution in [0.2, 0.25) is 0 Å². The zero-order valence-corrected chi connectivity index (χ0v) is 21.7. The molecular formula is C26H37N5O3S. The summed E-state index contributed by atoms with van der Waals surface area (Å²) in [7, 11) is 0. The van der Waals surface area contributed by atoms with E-state index in [1.54, 1.807) is 0 Å². The van der Waals surface area contributed by atoms with Crippen LogP contribution in [0.5, 0.6) is 0 Å². The Bertz CT molecular complexity index is 1030. The zero-order valence-electron chi connectivity index (χ0n) is 20.9. The Morgan fingerprint density at radius 2 is 1.86 bits per heavy atom. The minimum atomic E-state index is -0.810. The van der Waals surface area contributed by atoms with Crippen LogP contribution in [0.25, 0.3) is 0 Å². The number of carboxylic acid groups (broad SMARTS) is 1. The lowest BCUT2D eigenvalue weighted by Gasteiger charge is -2.38. The zero-order chi connectivity index (χ0) is 24.9. The SMILES string of the molecule is CC(C)CN(c1ccc(C(C)CC(=O)O)cc1Nc1nnc(C(=O)NC2CC2)s1)C1CCCCC1. The molecule has 1 aromatic carbocycles. The van der Waals surface area contributed by atoms with Gasteiger partial charge in [0.1, 0.15) is 0 Å². The summed E-state index contributed by atoms with van der Waals surface area (Å²) in [5.41, 5.74) is 2.94. The normalized spacial score (nSPS) is 17.3. The highest BCUT2D eigenvalue weighted by Gasteiger charge is 2.27. The summed E-state index contributed by atoms with van der Waals surface area (Å²) >= 11 is 1.24. The van der Waals surface area contributed by atoms with Crippen molar-refractivity contribution in [3.63, 3.8) is 0 Å². The van der Waals surface area contributed by atoms with Crippen molar-refractivity contribution in [1.29, 1.82) is 0 Å². The van der Waals surface area contributed by atoms with Crippen LogP contribution in [-0.2, 0) is 4.79 Å². The molecule has 0 saturated heterocycles. The Labute approximate surface area is 211 Å². The largest absolute Gasteiger partial charge is 0.481 e. The van der Waals surface area contributed by atoms with E-state index in [4.69, 9.17) is 0 Å². The summed E-state index contributed by atoms with van der Waals surface area (Å²) in [5, 5.41) is 25.0. The van der Waals surface area contributed by atoms with Crippen molar-refractivity contribution in [2.75, 3.05) is 16.8 Å². The van der Waals surface area contributed by atoms with Gasteiger partial charge in [-0.1, -0.05) is 57.4 Å². The summed E-state index contributed by atoms with van der Waals surface area (Å²) in [5.74, 6) is -0.611. The van der Waals surface area contributed by atoms with Gasteiger partial charge in [0.15, 0.2) is 0 Å². The van der Waals surface area contributed by atoms with Gasteiger partial charge in [0, 0.05) is 18.6 Å².